The molecule has 0 aliphatic carbocycles. The van der Waals surface area contributed by atoms with E-state index in [1.807, 2.05) is 24.0 Å². The minimum Gasteiger partial charge on any atom is -0.332 e. The second-order valence-corrected chi connectivity index (χ2v) is 6.84. The molecule has 1 N–H and O–H groups in total. The number of nitrogens with one attached hydrogen (secondary N) is 1. The number of amides is 1. The summed E-state index contributed by atoms with van der Waals surface area (Å²) in [5, 5.41) is 3.31. The normalized spacial score (nSPS) is 22.4. The lowest BCUT2D eigenvalue weighted by molar-refractivity contribution is -0.137. The predicted molar refractivity (Wildman–Crippen MR) is 80.6 cm³/mol. The zero-order valence-electron chi connectivity index (χ0n) is 11.1. The van der Waals surface area contributed by atoms with Gasteiger partial charge in [0.25, 0.3) is 0 Å². The number of nitrogens with zero attached hydrogens (tertiary/aromatic N) is 1. The Kier molecular flexibility index (Phi) is 4.66. The van der Waals surface area contributed by atoms with Crippen LogP contribution < -0.4 is 5.32 Å². The Hall–Kier alpha value is -0.840. The molecule has 0 bridgehead atoms. The van der Waals surface area contributed by atoms with Crippen molar-refractivity contribution in [1.82, 2.24) is 10.2 Å². The Balaban J connectivity index is 2.10. The van der Waals surface area contributed by atoms with E-state index in [-0.39, 0.29) is 5.91 Å². The summed E-state index contributed by atoms with van der Waals surface area (Å²) in [7, 11) is 0. The second kappa shape index (κ2) is 6.07. The van der Waals surface area contributed by atoms with E-state index in [4.69, 9.17) is 11.6 Å². The van der Waals surface area contributed by atoms with Crippen molar-refractivity contribution < 1.29 is 4.79 Å². The van der Waals surface area contributed by atoms with Crippen LogP contribution in [0.1, 0.15) is 24.6 Å². The topological polar surface area (TPSA) is 32.3 Å². The van der Waals surface area contributed by atoms with Gasteiger partial charge in [-0.1, -0.05) is 17.7 Å². The van der Waals surface area contributed by atoms with Crippen molar-refractivity contribution >= 4 is 28.8 Å². The third-order valence-corrected chi connectivity index (χ3v) is 4.67. The molecule has 1 aromatic rings. The molecule has 2 heterocycles. The quantitative estimate of drug-likeness (QED) is 0.847. The maximum atomic E-state index is 12.7. The van der Waals surface area contributed by atoms with Gasteiger partial charge in [0.05, 0.1) is 16.4 Å². The molecule has 1 saturated heterocycles. The van der Waals surface area contributed by atoms with Gasteiger partial charge in [-0.25, -0.2) is 0 Å². The summed E-state index contributed by atoms with van der Waals surface area (Å²) >= 11 is 7.46. The van der Waals surface area contributed by atoms with E-state index in [0.29, 0.717) is 13.1 Å². The van der Waals surface area contributed by atoms with Crippen molar-refractivity contribution in [3.63, 3.8) is 0 Å². The standard InChI is InChI=1S/C14H19ClN2OS/c1-3-9-17(10-11-5-6-12(15)19-11)13(18)14(2)7-4-8-16-14/h3,5-6,16H,1,4,7-10H2,2H3. The SMILES string of the molecule is C=CCN(Cc1ccc(Cl)s1)C(=O)C1(C)CCCN1. The fraction of sp³-hybridized carbons (Fsp3) is 0.500. The maximum absolute atomic E-state index is 12.7. The van der Waals surface area contributed by atoms with Gasteiger partial charge < -0.3 is 10.2 Å². The molecule has 1 amide bonds. The third kappa shape index (κ3) is 3.38. The summed E-state index contributed by atoms with van der Waals surface area (Å²) in [5.41, 5.74) is -0.427. The van der Waals surface area contributed by atoms with E-state index in [0.717, 1.165) is 28.6 Å². The second-order valence-electron chi connectivity index (χ2n) is 5.04. The van der Waals surface area contributed by atoms with E-state index in [1.54, 1.807) is 6.08 Å². The Morgan fingerprint density at radius 2 is 2.47 bits per heavy atom. The lowest BCUT2D eigenvalue weighted by atomic mass is 9.98. The number of halogens is 1. The molecule has 1 aliphatic rings. The zero-order valence-corrected chi connectivity index (χ0v) is 12.7. The van der Waals surface area contributed by atoms with E-state index in [9.17, 15) is 4.79 Å². The van der Waals surface area contributed by atoms with E-state index in [1.165, 1.54) is 11.3 Å². The van der Waals surface area contributed by atoms with Crippen molar-refractivity contribution in [1.29, 1.82) is 0 Å². The fourth-order valence-corrected chi connectivity index (χ4v) is 3.53. The monoisotopic (exact) mass is 298 g/mol. The number of hydrogen-bond donors (Lipinski definition) is 1. The molecular weight excluding hydrogens is 280 g/mol. The highest BCUT2D eigenvalue weighted by molar-refractivity contribution is 7.16. The van der Waals surface area contributed by atoms with Crippen LogP contribution in [0.25, 0.3) is 0 Å². The number of carbonyl (C=O) groups excluding carboxylic acids is 1. The lowest BCUT2D eigenvalue weighted by Gasteiger charge is -2.31. The molecular formula is C14H19ClN2OS. The van der Waals surface area contributed by atoms with E-state index in [2.05, 4.69) is 11.9 Å². The van der Waals surface area contributed by atoms with Crippen LogP contribution in [0.4, 0.5) is 0 Å². The molecule has 0 spiro atoms. The van der Waals surface area contributed by atoms with Gasteiger partial charge >= 0.3 is 0 Å². The summed E-state index contributed by atoms with van der Waals surface area (Å²) in [6, 6.07) is 3.84. The highest BCUT2D eigenvalue weighted by Crippen LogP contribution is 2.26. The molecule has 1 fully saturated rings. The molecule has 0 aromatic carbocycles. The predicted octanol–water partition coefficient (Wildman–Crippen LogP) is 3.06. The molecule has 104 valence electrons. The molecule has 0 radical (unpaired) electrons. The van der Waals surface area contributed by atoms with Crippen LogP contribution in [0.5, 0.6) is 0 Å². The van der Waals surface area contributed by atoms with E-state index < -0.39 is 5.54 Å². The Bertz CT molecular complexity index is 466. The van der Waals surface area contributed by atoms with Gasteiger partial charge in [0, 0.05) is 11.4 Å². The maximum Gasteiger partial charge on any atom is 0.243 e. The van der Waals surface area contributed by atoms with Crippen molar-refractivity contribution in [2.45, 2.75) is 31.8 Å². The number of rotatable bonds is 5. The summed E-state index contributed by atoms with van der Waals surface area (Å²) in [6.07, 6.45) is 3.71. The first kappa shape index (κ1) is 14.6. The highest BCUT2D eigenvalue weighted by atomic mass is 35.5. The molecule has 2 rings (SSSR count). The highest BCUT2D eigenvalue weighted by Gasteiger charge is 2.38. The van der Waals surface area contributed by atoms with Gasteiger partial charge in [0.1, 0.15) is 0 Å². The van der Waals surface area contributed by atoms with E-state index >= 15 is 0 Å². The smallest absolute Gasteiger partial charge is 0.243 e. The minimum atomic E-state index is -0.427. The Morgan fingerprint density at radius 3 is 3.00 bits per heavy atom. The minimum absolute atomic E-state index is 0.148. The average molecular weight is 299 g/mol. The van der Waals surface area contributed by atoms with Crippen LogP contribution >= 0.6 is 22.9 Å². The summed E-state index contributed by atoms with van der Waals surface area (Å²) < 4.78 is 0.756. The van der Waals surface area contributed by atoms with Crippen molar-refractivity contribution in [3.8, 4) is 0 Å². The van der Waals surface area contributed by atoms with Gasteiger partial charge in [-0.05, 0) is 38.4 Å². The first-order valence-corrected chi connectivity index (χ1v) is 7.64. The fourth-order valence-electron chi connectivity index (χ4n) is 2.43. The molecule has 3 nitrogen and oxygen atoms in total. The molecule has 0 saturated carbocycles. The van der Waals surface area contributed by atoms with Crippen molar-refractivity contribution in [3.05, 3.63) is 34.0 Å². The molecule has 1 aliphatic heterocycles. The largest absolute Gasteiger partial charge is 0.332 e. The first-order chi connectivity index (χ1) is 9.05. The summed E-state index contributed by atoms with van der Waals surface area (Å²) in [4.78, 5) is 15.6. The number of hydrogen-bond acceptors (Lipinski definition) is 3. The van der Waals surface area contributed by atoms with Gasteiger partial charge in [-0.15, -0.1) is 17.9 Å². The van der Waals surface area contributed by atoms with Crippen LogP contribution in [0, 0.1) is 0 Å². The van der Waals surface area contributed by atoms with Crippen molar-refractivity contribution in [2.75, 3.05) is 13.1 Å². The zero-order chi connectivity index (χ0) is 13.9. The number of thiophene rings is 1. The average Bonchev–Trinajstić information content (AvgIpc) is 2.98. The molecule has 1 aromatic heterocycles. The van der Waals surface area contributed by atoms with Crippen molar-refractivity contribution in [2.24, 2.45) is 0 Å². The van der Waals surface area contributed by atoms with Gasteiger partial charge in [0.15, 0.2) is 0 Å². The number of carbonyl (C=O) groups is 1. The van der Waals surface area contributed by atoms with Gasteiger partial charge in [-0.3, -0.25) is 4.79 Å². The summed E-state index contributed by atoms with van der Waals surface area (Å²) in [6.45, 7) is 7.80. The van der Waals surface area contributed by atoms with Crippen LogP contribution in [0.3, 0.4) is 0 Å². The van der Waals surface area contributed by atoms with Crippen LogP contribution in [-0.4, -0.2) is 29.4 Å². The summed E-state index contributed by atoms with van der Waals surface area (Å²) in [5.74, 6) is 0.148. The molecule has 19 heavy (non-hydrogen) atoms. The third-order valence-electron chi connectivity index (χ3n) is 3.45. The van der Waals surface area contributed by atoms with Gasteiger partial charge in [-0.2, -0.15) is 0 Å². The lowest BCUT2D eigenvalue weighted by Crippen LogP contribution is -2.52. The Labute approximate surface area is 123 Å². The van der Waals surface area contributed by atoms with Crippen LogP contribution in [0.2, 0.25) is 4.34 Å². The molecule has 5 heteroatoms. The van der Waals surface area contributed by atoms with Gasteiger partial charge in [0.2, 0.25) is 5.91 Å². The van der Waals surface area contributed by atoms with Crippen LogP contribution in [-0.2, 0) is 11.3 Å². The Morgan fingerprint density at radius 1 is 1.68 bits per heavy atom. The van der Waals surface area contributed by atoms with Crippen LogP contribution in [0.15, 0.2) is 24.8 Å². The molecule has 1 unspecified atom stereocenters. The molecule has 1 atom stereocenters. The first-order valence-electron chi connectivity index (χ1n) is 6.45.